The summed E-state index contributed by atoms with van der Waals surface area (Å²) in [5, 5.41) is 2.57. The maximum absolute atomic E-state index is 13.2. The zero-order chi connectivity index (χ0) is 20.3. The minimum absolute atomic E-state index is 0. The van der Waals surface area contributed by atoms with E-state index in [2.05, 4.69) is 82.2 Å². The van der Waals surface area contributed by atoms with Gasteiger partial charge in [-0.2, -0.15) is 4.57 Å². The van der Waals surface area contributed by atoms with Gasteiger partial charge in [-0.1, -0.05) is 48.5 Å². The van der Waals surface area contributed by atoms with Crippen LogP contribution in [0.15, 0.2) is 97.3 Å². The number of rotatable bonds is 6. The van der Waals surface area contributed by atoms with Crippen LogP contribution >= 0.6 is 0 Å². The molecule has 0 spiro atoms. The van der Waals surface area contributed by atoms with E-state index in [0.717, 1.165) is 31.5 Å². The van der Waals surface area contributed by atoms with E-state index in [4.69, 9.17) is 0 Å². The van der Waals surface area contributed by atoms with Crippen LogP contribution in [-0.2, 0) is 19.5 Å². The average molecular weight is 431 g/mol. The number of para-hydroxylation sites is 1. The molecule has 0 saturated carbocycles. The highest BCUT2D eigenvalue weighted by Crippen LogP contribution is 2.28. The van der Waals surface area contributed by atoms with Gasteiger partial charge in [0, 0.05) is 34.5 Å². The lowest BCUT2D eigenvalue weighted by molar-refractivity contribution is -0.687. The Morgan fingerprint density at radius 3 is 2.23 bits per heavy atom. The van der Waals surface area contributed by atoms with Crippen molar-refractivity contribution < 1.29 is 21.4 Å². The van der Waals surface area contributed by atoms with Crippen molar-refractivity contribution in [3.8, 4) is 0 Å². The van der Waals surface area contributed by atoms with Crippen LogP contribution < -0.4 is 17.0 Å². The highest BCUT2D eigenvalue weighted by molar-refractivity contribution is 6.07. The molecule has 156 valence electrons. The molecule has 0 bridgehead atoms. The van der Waals surface area contributed by atoms with E-state index < -0.39 is 0 Å². The molecule has 0 aliphatic carbocycles. The summed E-state index contributed by atoms with van der Waals surface area (Å²) < 4.78 is 17.9. The SMILES string of the molecule is Fc1ccc(C[n+]2ccc3c4ccccc4n(CCCc4ccccc4)c3c2)cc1.[Cl-]. The number of hydrogen-bond donors (Lipinski definition) is 0. The van der Waals surface area contributed by atoms with Gasteiger partial charge in [-0.3, -0.25) is 0 Å². The Kier molecular flexibility index (Phi) is 6.34. The van der Waals surface area contributed by atoms with E-state index >= 15 is 0 Å². The van der Waals surface area contributed by atoms with E-state index in [1.807, 2.05) is 12.1 Å². The lowest BCUT2D eigenvalue weighted by atomic mass is 10.1. The molecule has 0 unspecified atom stereocenters. The van der Waals surface area contributed by atoms with Gasteiger partial charge >= 0.3 is 0 Å². The molecule has 31 heavy (non-hydrogen) atoms. The minimum atomic E-state index is -0.197. The summed E-state index contributed by atoms with van der Waals surface area (Å²) in [6.45, 7) is 1.70. The second-order valence-electron chi connectivity index (χ2n) is 7.80. The second kappa shape index (κ2) is 9.32. The van der Waals surface area contributed by atoms with Crippen LogP contribution in [0.3, 0.4) is 0 Å². The van der Waals surface area contributed by atoms with Gasteiger partial charge in [-0.15, -0.1) is 0 Å². The first-order valence-corrected chi connectivity index (χ1v) is 10.5. The van der Waals surface area contributed by atoms with E-state index in [-0.39, 0.29) is 18.2 Å². The molecule has 2 nitrogen and oxygen atoms in total. The number of aromatic nitrogens is 2. The van der Waals surface area contributed by atoms with Crippen molar-refractivity contribution in [3.63, 3.8) is 0 Å². The quantitative estimate of drug-likeness (QED) is 0.366. The molecule has 0 saturated heterocycles. The molecule has 0 aliphatic rings. The molecular formula is C27H24ClFN2. The summed E-state index contributed by atoms with van der Waals surface area (Å²) in [4.78, 5) is 0. The van der Waals surface area contributed by atoms with E-state index in [0.29, 0.717) is 0 Å². The third-order valence-electron chi connectivity index (χ3n) is 5.74. The van der Waals surface area contributed by atoms with Gasteiger partial charge < -0.3 is 17.0 Å². The molecule has 0 fully saturated rings. The third kappa shape index (κ3) is 4.47. The Morgan fingerprint density at radius 1 is 0.710 bits per heavy atom. The van der Waals surface area contributed by atoms with Gasteiger partial charge in [0.25, 0.3) is 0 Å². The lowest BCUT2D eigenvalue weighted by Crippen LogP contribution is -3.00. The molecule has 0 amide bonds. The Bertz CT molecular complexity index is 1290. The Morgan fingerprint density at radius 2 is 1.42 bits per heavy atom. The van der Waals surface area contributed by atoms with E-state index in [9.17, 15) is 4.39 Å². The van der Waals surface area contributed by atoms with Crippen LogP contribution in [0.5, 0.6) is 0 Å². The summed E-state index contributed by atoms with van der Waals surface area (Å²) >= 11 is 0. The first-order chi connectivity index (χ1) is 14.8. The van der Waals surface area contributed by atoms with Crippen molar-refractivity contribution in [2.75, 3.05) is 0 Å². The summed E-state index contributed by atoms with van der Waals surface area (Å²) in [5.74, 6) is -0.197. The van der Waals surface area contributed by atoms with Crippen LogP contribution in [-0.4, -0.2) is 4.57 Å². The fraction of sp³-hybridized carbons (Fsp3) is 0.148. The number of hydrogen-bond acceptors (Lipinski definition) is 0. The van der Waals surface area contributed by atoms with Gasteiger partial charge in [-0.05, 0) is 48.7 Å². The van der Waals surface area contributed by atoms with Crippen molar-refractivity contribution in [2.24, 2.45) is 0 Å². The predicted octanol–water partition coefficient (Wildman–Crippen LogP) is 2.91. The Balaban J connectivity index is 0.00000231. The fourth-order valence-corrected chi connectivity index (χ4v) is 4.26. The molecule has 5 aromatic rings. The Labute approximate surface area is 188 Å². The number of aryl methyl sites for hydroxylation is 2. The molecule has 0 atom stereocenters. The third-order valence-corrected chi connectivity index (χ3v) is 5.74. The highest BCUT2D eigenvalue weighted by Gasteiger charge is 2.14. The number of nitrogens with zero attached hydrogens (tertiary/aromatic N) is 2. The van der Waals surface area contributed by atoms with Gasteiger partial charge in [0.1, 0.15) is 11.3 Å². The normalized spacial score (nSPS) is 11.0. The number of fused-ring (bicyclic) bond motifs is 3. The predicted molar refractivity (Wildman–Crippen MR) is 120 cm³/mol. The molecule has 5 rings (SSSR count). The summed E-state index contributed by atoms with van der Waals surface area (Å²) in [6, 6.07) is 28.3. The zero-order valence-electron chi connectivity index (χ0n) is 17.2. The van der Waals surface area contributed by atoms with Crippen LogP contribution in [0.4, 0.5) is 4.39 Å². The molecule has 2 heterocycles. The van der Waals surface area contributed by atoms with Gasteiger partial charge in [0.2, 0.25) is 0 Å². The number of benzene rings is 3. The second-order valence-corrected chi connectivity index (χ2v) is 7.80. The minimum Gasteiger partial charge on any atom is -1.00 e. The summed E-state index contributed by atoms with van der Waals surface area (Å²) in [7, 11) is 0. The molecule has 0 N–H and O–H groups in total. The van der Waals surface area contributed by atoms with Crippen LogP contribution in [0.1, 0.15) is 17.5 Å². The molecule has 2 aromatic heterocycles. The Hall–Kier alpha value is -3.17. The van der Waals surface area contributed by atoms with Gasteiger partial charge in [-0.25, -0.2) is 4.39 Å². The van der Waals surface area contributed by atoms with Crippen LogP contribution in [0, 0.1) is 5.82 Å². The number of pyridine rings is 1. The van der Waals surface area contributed by atoms with Crippen molar-refractivity contribution in [1.82, 2.24) is 4.57 Å². The smallest absolute Gasteiger partial charge is 0.193 e. The average Bonchev–Trinajstić information content (AvgIpc) is 3.09. The first kappa shape index (κ1) is 21.1. The molecule has 0 aliphatic heterocycles. The monoisotopic (exact) mass is 430 g/mol. The first-order valence-electron chi connectivity index (χ1n) is 10.5. The fourth-order valence-electron chi connectivity index (χ4n) is 4.26. The van der Waals surface area contributed by atoms with E-state index in [1.54, 1.807) is 0 Å². The zero-order valence-corrected chi connectivity index (χ0v) is 18.0. The lowest BCUT2D eigenvalue weighted by Gasteiger charge is -2.07. The van der Waals surface area contributed by atoms with Gasteiger partial charge in [0.05, 0.1) is 0 Å². The summed E-state index contributed by atoms with van der Waals surface area (Å²) in [6.07, 6.45) is 6.50. The van der Waals surface area contributed by atoms with Crippen molar-refractivity contribution in [1.29, 1.82) is 0 Å². The highest BCUT2D eigenvalue weighted by atomic mass is 35.5. The van der Waals surface area contributed by atoms with Crippen LogP contribution in [0.25, 0.3) is 21.8 Å². The molecular weight excluding hydrogens is 407 g/mol. The molecule has 3 aromatic carbocycles. The maximum Gasteiger partial charge on any atom is 0.193 e. The molecule has 0 radical (unpaired) electrons. The maximum atomic E-state index is 13.2. The summed E-state index contributed by atoms with van der Waals surface area (Å²) in [5.41, 5.74) is 4.99. The van der Waals surface area contributed by atoms with E-state index in [1.165, 1.54) is 39.5 Å². The van der Waals surface area contributed by atoms with Crippen molar-refractivity contribution in [3.05, 3.63) is 114 Å². The van der Waals surface area contributed by atoms with Crippen LogP contribution in [0.2, 0.25) is 0 Å². The van der Waals surface area contributed by atoms with Gasteiger partial charge in [0.15, 0.2) is 18.9 Å². The topological polar surface area (TPSA) is 8.81 Å². The standard InChI is InChI=1S/C27H24FN2.ClH/c28-23-14-12-22(13-15-23)19-29-18-16-25-24-10-4-5-11-26(24)30(27(25)20-29)17-6-9-21-7-2-1-3-8-21;/h1-5,7-8,10-16,18,20H,6,9,17,19H2;1H/q+1;/p-1. The van der Waals surface area contributed by atoms with Crippen molar-refractivity contribution in [2.45, 2.75) is 25.9 Å². The number of halogens is 2. The largest absolute Gasteiger partial charge is 1.00 e. The molecule has 4 heteroatoms. The van der Waals surface area contributed by atoms with Crippen molar-refractivity contribution >= 4 is 21.8 Å².